The van der Waals surface area contributed by atoms with Crippen LogP contribution in [0.2, 0.25) is 0 Å². The van der Waals surface area contributed by atoms with Crippen LogP contribution in [-0.4, -0.2) is 27.0 Å². The Morgan fingerprint density at radius 1 is 1.50 bits per heavy atom. The van der Waals surface area contributed by atoms with Crippen LogP contribution in [0.1, 0.15) is 32.9 Å². The van der Waals surface area contributed by atoms with Crippen molar-refractivity contribution >= 4 is 11.5 Å². The average Bonchev–Trinajstić information content (AvgIpc) is 2.45. The highest BCUT2D eigenvalue weighted by molar-refractivity contribution is 5.65. The van der Waals surface area contributed by atoms with Crippen molar-refractivity contribution in [2.75, 3.05) is 17.7 Å². The summed E-state index contributed by atoms with van der Waals surface area (Å²) in [6, 6.07) is 0. The monoisotopic (exact) mass is 226 g/mol. The van der Waals surface area contributed by atoms with Gasteiger partial charge in [-0.05, 0) is 34.1 Å². The van der Waals surface area contributed by atoms with Crippen molar-refractivity contribution in [1.29, 1.82) is 0 Å². The number of nitrogens with two attached hydrogens (primary N) is 1. The van der Waals surface area contributed by atoms with Crippen LogP contribution in [0.3, 0.4) is 0 Å². The molecule has 0 fully saturated rings. The number of aromatic nitrogens is 2. The molecule has 0 aliphatic carbocycles. The lowest BCUT2D eigenvalue weighted by atomic mass is 10.0. The first-order valence-electron chi connectivity index (χ1n) is 5.63. The quantitative estimate of drug-likeness (QED) is 0.708. The van der Waals surface area contributed by atoms with Gasteiger partial charge in [-0.25, -0.2) is 4.68 Å². The van der Waals surface area contributed by atoms with Crippen LogP contribution in [0.15, 0.2) is 0 Å². The van der Waals surface area contributed by atoms with E-state index in [-0.39, 0.29) is 12.1 Å². The number of aliphatic hydroxyl groups is 1. The van der Waals surface area contributed by atoms with Crippen LogP contribution in [0, 0.1) is 6.92 Å². The average molecular weight is 226 g/mol. The normalized spacial score (nSPS) is 11.8. The second-order valence-corrected chi connectivity index (χ2v) is 4.65. The van der Waals surface area contributed by atoms with Crippen molar-refractivity contribution in [3.8, 4) is 0 Å². The van der Waals surface area contributed by atoms with E-state index in [0.29, 0.717) is 12.1 Å². The van der Waals surface area contributed by atoms with E-state index in [9.17, 15) is 0 Å². The third kappa shape index (κ3) is 2.66. The molecule has 0 atom stereocenters. The van der Waals surface area contributed by atoms with Crippen molar-refractivity contribution in [3.63, 3.8) is 0 Å². The van der Waals surface area contributed by atoms with Crippen LogP contribution >= 0.6 is 0 Å². The summed E-state index contributed by atoms with van der Waals surface area (Å²) in [6.07, 6.45) is 0.667. The first-order chi connectivity index (χ1) is 7.41. The Bertz CT molecular complexity index is 357. The summed E-state index contributed by atoms with van der Waals surface area (Å²) in [5.74, 6) is 0.846. The van der Waals surface area contributed by atoms with Gasteiger partial charge in [-0.15, -0.1) is 0 Å². The molecule has 1 aromatic heterocycles. The molecule has 0 bridgehead atoms. The number of nitrogens with zero attached hydrogens (tertiary/aromatic N) is 2. The van der Waals surface area contributed by atoms with Crippen molar-refractivity contribution in [2.24, 2.45) is 0 Å². The number of anilines is 2. The fourth-order valence-corrected chi connectivity index (χ4v) is 1.62. The van der Waals surface area contributed by atoms with Crippen LogP contribution < -0.4 is 11.1 Å². The van der Waals surface area contributed by atoms with Crippen LogP contribution in [0.4, 0.5) is 11.5 Å². The summed E-state index contributed by atoms with van der Waals surface area (Å²) in [7, 11) is 0. The van der Waals surface area contributed by atoms with Gasteiger partial charge in [0.15, 0.2) is 0 Å². The third-order valence-corrected chi connectivity index (χ3v) is 2.67. The van der Waals surface area contributed by atoms with E-state index in [1.807, 2.05) is 32.4 Å². The number of rotatable bonds is 5. The number of aliphatic hydroxyl groups excluding tert-OH is 1. The molecule has 1 heterocycles. The minimum absolute atomic E-state index is 0.152. The molecule has 0 radical (unpaired) electrons. The predicted octanol–water partition coefficient (Wildman–Crippen LogP) is 1.37. The lowest BCUT2D eigenvalue weighted by molar-refractivity contribution is 0.260. The van der Waals surface area contributed by atoms with E-state index < -0.39 is 0 Å². The summed E-state index contributed by atoms with van der Waals surface area (Å²) >= 11 is 0. The smallest absolute Gasteiger partial charge is 0.148 e. The molecule has 0 aliphatic rings. The lowest BCUT2D eigenvalue weighted by Crippen LogP contribution is -2.33. The van der Waals surface area contributed by atoms with Gasteiger partial charge in [0.2, 0.25) is 0 Å². The van der Waals surface area contributed by atoms with Gasteiger partial charge in [0.05, 0.1) is 11.4 Å². The van der Waals surface area contributed by atoms with Crippen LogP contribution in [0.5, 0.6) is 0 Å². The maximum absolute atomic E-state index is 8.99. The molecule has 16 heavy (non-hydrogen) atoms. The highest BCUT2D eigenvalue weighted by Gasteiger charge is 2.21. The Labute approximate surface area is 96.6 Å². The largest absolute Gasteiger partial charge is 0.396 e. The van der Waals surface area contributed by atoms with E-state index in [0.717, 1.165) is 18.1 Å². The van der Waals surface area contributed by atoms with Gasteiger partial charge >= 0.3 is 0 Å². The van der Waals surface area contributed by atoms with Crippen LogP contribution in [0.25, 0.3) is 0 Å². The molecule has 0 spiro atoms. The fourth-order valence-electron chi connectivity index (χ4n) is 1.62. The molecule has 1 rings (SSSR count). The molecular weight excluding hydrogens is 204 g/mol. The zero-order chi connectivity index (χ0) is 12.3. The maximum atomic E-state index is 8.99. The molecule has 0 amide bonds. The van der Waals surface area contributed by atoms with Crippen molar-refractivity contribution < 1.29 is 5.11 Å². The summed E-state index contributed by atoms with van der Waals surface area (Å²) in [4.78, 5) is 0. The number of nitrogen functional groups attached to an aromatic ring is 1. The second kappa shape index (κ2) is 4.74. The molecule has 0 aliphatic heterocycles. The number of nitrogens with one attached hydrogen (secondary N) is 1. The fraction of sp³-hybridized carbons (Fsp3) is 0.727. The predicted molar refractivity (Wildman–Crippen MR) is 66.5 cm³/mol. The molecule has 0 unspecified atom stereocenters. The Balaban J connectivity index is 2.95. The minimum atomic E-state index is -0.192. The molecule has 92 valence electrons. The molecule has 4 N–H and O–H groups in total. The zero-order valence-corrected chi connectivity index (χ0v) is 10.5. The Hall–Kier alpha value is -1.23. The molecule has 5 nitrogen and oxygen atoms in total. The van der Waals surface area contributed by atoms with E-state index in [1.165, 1.54) is 0 Å². The summed E-state index contributed by atoms with van der Waals surface area (Å²) in [5.41, 5.74) is 7.31. The summed E-state index contributed by atoms with van der Waals surface area (Å²) < 4.78 is 1.85. The third-order valence-electron chi connectivity index (χ3n) is 2.67. The van der Waals surface area contributed by atoms with Gasteiger partial charge in [-0.1, -0.05) is 0 Å². The first-order valence-corrected chi connectivity index (χ1v) is 5.63. The van der Waals surface area contributed by atoms with Gasteiger partial charge in [-0.2, -0.15) is 5.10 Å². The van der Waals surface area contributed by atoms with Crippen molar-refractivity contribution in [1.82, 2.24) is 9.78 Å². The van der Waals surface area contributed by atoms with E-state index in [4.69, 9.17) is 10.8 Å². The molecule has 5 heteroatoms. The van der Waals surface area contributed by atoms with E-state index in [2.05, 4.69) is 10.4 Å². The summed E-state index contributed by atoms with van der Waals surface area (Å²) in [5, 5.41) is 16.7. The zero-order valence-electron chi connectivity index (χ0n) is 10.5. The van der Waals surface area contributed by atoms with Gasteiger partial charge in [0.25, 0.3) is 0 Å². The lowest BCUT2D eigenvalue weighted by Gasteiger charge is -2.27. The Morgan fingerprint density at radius 3 is 2.62 bits per heavy atom. The van der Waals surface area contributed by atoms with Gasteiger partial charge in [0, 0.05) is 18.7 Å². The summed E-state index contributed by atoms with van der Waals surface area (Å²) in [6.45, 7) is 8.91. The first kappa shape index (κ1) is 12.8. The van der Waals surface area contributed by atoms with E-state index >= 15 is 0 Å². The molecule has 0 saturated heterocycles. The molecule has 1 aromatic rings. The topological polar surface area (TPSA) is 76.1 Å². The van der Waals surface area contributed by atoms with Crippen molar-refractivity contribution in [3.05, 3.63) is 5.69 Å². The highest BCUT2D eigenvalue weighted by atomic mass is 16.3. The van der Waals surface area contributed by atoms with Gasteiger partial charge < -0.3 is 16.2 Å². The molecule has 0 aromatic carbocycles. The van der Waals surface area contributed by atoms with E-state index in [1.54, 1.807) is 0 Å². The number of hydrogen-bond donors (Lipinski definition) is 3. The molecular formula is C11H22N4O. The highest BCUT2D eigenvalue weighted by Crippen LogP contribution is 2.26. The second-order valence-electron chi connectivity index (χ2n) is 4.65. The standard InChI is InChI=1S/C11H22N4O/c1-5-15-10(9(12)8(2)14-15)13-11(3,4)6-7-16/h13,16H,5-7,12H2,1-4H3. The minimum Gasteiger partial charge on any atom is -0.396 e. The van der Waals surface area contributed by atoms with Gasteiger partial charge in [-0.3, -0.25) is 0 Å². The Kier molecular flexibility index (Phi) is 3.80. The SMILES string of the molecule is CCn1nc(C)c(N)c1NC(C)(C)CCO. The maximum Gasteiger partial charge on any atom is 0.148 e. The van der Waals surface area contributed by atoms with Gasteiger partial charge in [0.1, 0.15) is 5.82 Å². The molecule has 0 saturated carbocycles. The number of aryl methyl sites for hydroxylation is 2. The van der Waals surface area contributed by atoms with Crippen molar-refractivity contribution in [2.45, 2.75) is 46.2 Å². The number of hydrogen-bond acceptors (Lipinski definition) is 4. The van der Waals surface area contributed by atoms with Crippen LogP contribution in [-0.2, 0) is 6.54 Å². The Morgan fingerprint density at radius 2 is 2.12 bits per heavy atom.